The summed E-state index contributed by atoms with van der Waals surface area (Å²) in [7, 11) is 0. The molecule has 0 N–H and O–H groups in total. The zero-order valence-electron chi connectivity index (χ0n) is 17.6. The first-order valence-corrected chi connectivity index (χ1v) is 9.81. The van der Waals surface area contributed by atoms with Crippen LogP contribution in [0.25, 0.3) is 11.1 Å². The van der Waals surface area contributed by atoms with Gasteiger partial charge >= 0.3 is 6.11 Å². The van der Waals surface area contributed by atoms with Gasteiger partial charge in [0, 0.05) is 17.7 Å². The summed E-state index contributed by atoms with van der Waals surface area (Å²) in [5.74, 6) is -10.1. The van der Waals surface area contributed by atoms with Gasteiger partial charge in [-0.1, -0.05) is 0 Å². The Balaban J connectivity index is 1.96. The molecule has 0 radical (unpaired) electrons. The Bertz CT molecular complexity index is 1230. The minimum Gasteiger partial charge on any atom is -0.429 e. The van der Waals surface area contributed by atoms with Crippen LogP contribution in [0, 0.1) is 41.8 Å². The first-order chi connectivity index (χ1) is 16.3. The van der Waals surface area contributed by atoms with Crippen LogP contribution in [0.1, 0.15) is 23.1 Å². The molecule has 0 heterocycles. The van der Waals surface area contributed by atoms with E-state index in [0.29, 0.717) is 18.2 Å². The highest BCUT2D eigenvalue weighted by Gasteiger charge is 2.41. The van der Waals surface area contributed by atoms with E-state index in [1.807, 2.05) is 0 Å². The summed E-state index contributed by atoms with van der Waals surface area (Å²) in [5.41, 5.74) is -4.21. The molecule has 0 atom stereocenters. The maximum absolute atomic E-state index is 14.5. The van der Waals surface area contributed by atoms with Gasteiger partial charge in [-0.05, 0) is 61.2 Å². The zero-order valence-corrected chi connectivity index (χ0v) is 17.6. The Morgan fingerprint density at radius 1 is 0.771 bits per heavy atom. The lowest BCUT2D eigenvalue weighted by molar-refractivity contribution is -0.189. The lowest BCUT2D eigenvalue weighted by Crippen LogP contribution is -2.25. The minimum absolute atomic E-state index is 0.0312. The lowest BCUT2D eigenvalue weighted by atomic mass is 9.98. The minimum atomic E-state index is -4.76. The zero-order chi connectivity index (χ0) is 26.1. The first kappa shape index (κ1) is 26.1. The molecule has 0 saturated carbocycles. The molecule has 0 spiro atoms. The monoisotopic (exact) mass is 508 g/mol. The van der Waals surface area contributed by atoms with E-state index in [2.05, 4.69) is 4.74 Å². The number of hydrogen-bond acceptors (Lipinski definition) is 1. The van der Waals surface area contributed by atoms with Gasteiger partial charge in [-0.25, -0.2) is 26.3 Å². The molecule has 0 aliphatic rings. The van der Waals surface area contributed by atoms with E-state index >= 15 is 0 Å². The second-order valence-electron chi connectivity index (χ2n) is 7.41. The molecule has 35 heavy (non-hydrogen) atoms. The van der Waals surface area contributed by atoms with Gasteiger partial charge in [-0.15, -0.1) is 0 Å². The maximum atomic E-state index is 14.5. The number of alkyl halides is 2. The Kier molecular flexibility index (Phi) is 7.47. The molecule has 0 bridgehead atoms. The van der Waals surface area contributed by atoms with Gasteiger partial charge in [0.1, 0.15) is 46.2 Å². The van der Waals surface area contributed by atoms with Gasteiger partial charge in [0.15, 0.2) is 0 Å². The van der Waals surface area contributed by atoms with Crippen LogP contribution >= 0.6 is 0 Å². The third kappa shape index (κ3) is 5.77. The van der Waals surface area contributed by atoms with Gasteiger partial charge in [-0.3, -0.25) is 0 Å². The Morgan fingerprint density at radius 3 is 1.77 bits per heavy atom. The Labute approximate surface area is 192 Å². The second-order valence-corrected chi connectivity index (χ2v) is 7.41. The van der Waals surface area contributed by atoms with Crippen molar-refractivity contribution in [2.24, 2.45) is 0 Å². The van der Waals surface area contributed by atoms with Crippen LogP contribution in [-0.2, 0) is 12.5 Å². The van der Waals surface area contributed by atoms with Crippen molar-refractivity contribution in [1.29, 1.82) is 0 Å². The van der Waals surface area contributed by atoms with E-state index in [1.54, 1.807) is 0 Å². The van der Waals surface area contributed by atoms with Crippen molar-refractivity contribution in [3.8, 4) is 16.9 Å². The predicted octanol–water partition coefficient (Wildman–Crippen LogP) is 8.34. The number of rotatable bonds is 7. The smallest absolute Gasteiger partial charge is 0.429 e. The van der Waals surface area contributed by atoms with E-state index in [9.17, 15) is 43.9 Å². The first-order valence-electron chi connectivity index (χ1n) is 9.81. The number of allylic oxidation sites excluding steroid dienone is 1. The SMILES string of the molecule is Cc1c(F)cc(OC(F)(F)c2c(F)cc(-c3c(F)cc(CCC=C(F)F)cc3F)cc2F)cc1F. The summed E-state index contributed by atoms with van der Waals surface area (Å²) in [4.78, 5) is 0. The third-order valence-corrected chi connectivity index (χ3v) is 4.96. The quantitative estimate of drug-likeness (QED) is 0.292. The summed E-state index contributed by atoms with van der Waals surface area (Å²) in [5, 5.41) is 0. The van der Waals surface area contributed by atoms with Crippen molar-refractivity contribution in [2.45, 2.75) is 25.9 Å². The molecule has 1 nitrogen and oxygen atoms in total. The highest BCUT2D eigenvalue weighted by Crippen LogP contribution is 2.38. The topological polar surface area (TPSA) is 9.23 Å². The summed E-state index contributed by atoms with van der Waals surface area (Å²) < 4.78 is 143. The molecule has 3 rings (SSSR count). The maximum Gasteiger partial charge on any atom is 0.432 e. The molecule has 0 amide bonds. The van der Waals surface area contributed by atoms with Gasteiger partial charge in [0.05, 0.1) is 5.56 Å². The van der Waals surface area contributed by atoms with Crippen LogP contribution in [-0.4, -0.2) is 0 Å². The van der Waals surface area contributed by atoms with Crippen molar-refractivity contribution in [1.82, 2.24) is 0 Å². The summed E-state index contributed by atoms with van der Waals surface area (Å²) >= 11 is 0. The molecule has 186 valence electrons. The standard InChI is InChI=1S/C24H14F10O/c1-11-15(25)9-14(10-16(11)26)35-24(33,34)23-19(29)7-13(8-20(23)30)22-17(27)5-12(6-18(22)28)3-2-4-21(31)32/h4-10H,2-3H2,1H3. The van der Waals surface area contributed by atoms with E-state index < -0.39 is 75.1 Å². The lowest BCUT2D eigenvalue weighted by Gasteiger charge is -2.20. The average molecular weight is 508 g/mol. The average Bonchev–Trinajstić information content (AvgIpc) is 2.70. The molecular formula is C24H14F10O. The van der Waals surface area contributed by atoms with Gasteiger partial charge in [-0.2, -0.15) is 17.6 Å². The predicted molar refractivity (Wildman–Crippen MR) is 106 cm³/mol. The van der Waals surface area contributed by atoms with Gasteiger partial charge < -0.3 is 4.74 Å². The van der Waals surface area contributed by atoms with E-state index in [-0.39, 0.29) is 30.5 Å². The molecule has 0 aliphatic heterocycles. The van der Waals surface area contributed by atoms with Crippen molar-refractivity contribution < 1.29 is 48.6 Å². The largest absolute Gasteiger partial charge is 0.432 e. The summed E-state index contributed by atoms with van der Waals surface area (Å²) in [6, 6.07) is 2.75. The van der Waals surface area contributed by atoms with E-state index in [1.165, 1.54) is 0 Å². The van der Waals surface area contributed by atoms with Crippen LogP contribution < -0.4 is 4.74 Å². The number of ether oxygens (including phenoxy) is 1. The molecule has 0 unspecified atom stereocenters. The Morgan fingerprint density at radius 2 is 1.29 bits per heavy atom. The third-order valence-electron chi connectivity index (χ3n) is 4.96. The number of benzene rings is 3. The molecule has 3 aromatic carbocycles. The fraction of sp³-hybridized carbons (Fsp3) is 0.167. The molecule has 11 heteroatoms. The highest BCUT2D eigenvalue weighted by molar-refractivity contribution is 5.66. The fourth-order valence-corrected chi connectivity index (χ4v) is 3.27. The van der Waals surface area contributed by atoms with Gasteiger partial charge in [0.25, 0.3) is 6.08 Å². The van der Waals surface area contributed by atoms with E-state index in [4.69, 9.17) is 0 Å². The van der Waals surface area contributed by atoms with E-state index in [0.717, 1.165) is 19.1 Å². The van der Waals surface area contributed by atoms with Crippen molar-refractivity contribution >= 4 is 0 Å². The number of aryl methyl sites for hydroxylation is 1. The normalized spacial score (nSPS) is 11.5. The number of hydrogen-bond donors (Lipinski definition) is 0. The van der Waals surface area contributed by atoms with Crippen molar-refractivity contribution in [3.63, 3.8) is 0 Å². The molecular weight excluding hydrogens is 494 g/mol. The highest BCUT2D eigenvalue weighted by atomic mass is 19.3. The van der Waals surface area contributed by atoms with Crippen molar-refractivity contribution in [2.75, 3.05) is 0 Å². The second kappa shape index (κ2) is 10.0. The summed E-state index contributed by atoms with van der Waals surface area (Å²) in [6.07, 6.45) is -6.61. The van der Waals surface area contributed by atoms with Crippen LogP contribution in [0.5, 0.6) is 5.75 Å². The molecule has 0 aromatic heterocycles. The molecule has 3 aromatic rings. The van der Waals surface area contributed by atoms with Crippen LogP contribution in [0.4, 0.5) is 43.9 Å². The molecule has 0 saturated heterocycles. The van der Waals surface area contributed by atoms with Crippen LogP contribution in [0.3, 0.4) is 0 Å². The van der Waals surface area contributed by atoms with Crippen molar-refractivity contribution in [3.05, 3.63) is 100 Å². The van der Waals surface area contributed by atoms with Gasteiger partial charge in [0.2, 0.25) is 0 Å². The molecule has 0 aliphatic carbocycles. The summed E-state index contributed by atoms with van der Waals surface area (Å²) in [6.45, 7) is 1.02. The number of halogens is 10. The fourth-order valence-electron chi connectivity index (χ4n) is 3.27. The molecule has 0 fully saturated rings. The Hall–Kier alpha value is -3.50. The van der Waals surface area contributed by atoms with Crippen LogP contribution in [0.2, 0.25) is 0 Å². The van der Waals surface area contributed by atoms with Crippen LogP contribution in [0.15, 0.2) is 48.6 Å².